The van der Waals surface area contributed by atoms with Gasteiger partial charge in [-0.15, -0.1) is 18.3 Å². The smallest absolute Gasteiger partial charge is 0.406 e. The van der Waals surface area contributed by atoms with E-state index in [1.54, 1.807) is 28.9 Å². The van der Waals surface area contributed by atoms with E-state index in [9.17, 15) is 18.3 Å². The van der Waals surface area contributed by atoms with Crippen molar-refractivity contribution in [2.45, 2.75) is 37.8 Å². The second kappa shape index (κ2) is 6.73. The fourth-order valence-electron chi connectivity index (χ4n) is 3.30. The van der Waals surface area contributed by atoms with Crippen molar-refractivity contribution >= 4 is 11.5 Å². The Labute approximate surface area is 152 Å². The van der Waals surface area contributed by atoms with E-state index < -0.39 is 6.36 Å². The van der Waals surface area contributed by atoms with Gasteiger partial charge in [0.25, 0.3) is 0 Å². The number of ether oxygens (including phenoxy) is 1. The van der Waals surface area contributed by atoms with Gasteiger partial charge in [0.05, 0.1) is 18.0 Å². The minimum Gasteiger partial charge on any atom is -0.406 e. The van der Waals surface area contributed by atoms with Gasteiger partial charge in [-0.05, 0) is 43.5 Å². The molecule has 2 heterocycles. The van der Waals surface area contributed by atoms with E-state index in [1.807, 2.05) is 0 Å². The lowest BCUT2D eigenvalue weighted by molar-refractivity contribution is -0.274. The second-order valence-electron chi connectivity index (χ2n) is 6.52. The molecule has 0 bridgehead atoms. The van der Waals surface area contributed by atoms with E-state index >= 15 is 0 Å². The van der Waals surface area contributed by atoms with E-state index in [2.05, 4.69) is 20.1 Å². The third-order valence-corrected chi connectivity index (χ3v) is 4.48. The summed E-state index contributed by atoms with van der Waals surface area (Å²) in [5.41, 5.74) is 1.63. The number of alkyl halides is 3. The normalized spacial score (nSPS) is 20.1. The maximum absolute atomic E-state index is 12.5. The summed E-state index contributed by atoms with van der Waals surface area (Å²) in [5.74, 6) is 0.313. The summed E-state index contributed by atoms with van der Waals surface area (Å²) in [4.78, 5) is 4.25. The number of rotatable bonds is 4. The summed E-state index contributed by atoms with van der Waals surface area (Å²) in [6.45, 7) is 0. The van der Waals surface area contributed by atoms with Crippen molar-refractivity contribution in [2.75, 3.05) is 5.32 Å². The van der Waals surface area contributed by atoms with Gasteiger partial charge in [-0.2, -0.15) is 0 Å². The molecule has 0 saturated heterocycles. The minimum absolute atomic E-state index is 0.139. The highest BCUT2D eigenvalue weighted by Gasteiger charge is 2.31. The standard InChI is InChI=1S/C18H17F3N4O2/c19-18(20,21)27-14-3-1-2-11(8-14)15-10-22-17-7-6-16(24-25(15)17)23-12-4-5-13(26)9-12/h1-3,6-8,10,12-13,26H,4-5,9H2,(H,23,24)/t12-,13?/m1/s1. The molecule has 142 valence electrons. The van der Waals surface area contributed by atoms with Crippen LogP contribution in [0.15, 0.2) is 42.6 Å². The number of nitrogens with one attached hydrogen (secondary N) is 1. The molecule has 1 aliphatic rings. The van der Waals surface area contributed by atoms with Crippen LogP contribution in [0, 0.1) is 0 Å². The van der Waals surface area contributed by atoms with Gasteiger partial charge in [0.15, 0.2) is 5.65 Å². The lowest BCUT2D eigenvalue weighted by atomic mass is 10.1. The summed E-state index contributed by atoms with van der Waals surface area (Å²) in [6, 6.07) is 9.40. The molecule has 0 radical (unpaired) electrons. The van der Waals surface area contributed by atoms with Crippen LogP contribution in [-0.2, 0) is 0 Å². The molecule has 2 atom stereocenters. The van der Waals surface area contributed by atoms with Crippen molar-refractivity contribution in [1.29, 1.82) is 0 Å². The quantitative estimate of drug-likeness (QED) is 0.726. The molecule has 4 rings (SSSR count). The fourth-order valence-corrected chi connectivity index (χ4v) is 3.30. The van der Waals surface area contributed by atoms with Crippen molar-refractivity contribution in [1.82, 2.24) is 14.6 Å². The van der Waals surface area contributed by atoms with Crippen LogP contribution in [0.5, 0.6) is 5.75 Å². The molecule has 1 unspecified atom stereocenters. The van der Waals surface area contributed by atoms with Gasteiger partial charge in [-0.1, -0.05) is 12.1 Å². The number of fused-ring (bicyclic) bond motifs is 1. The Kier molecular flexibility index (Phi) is 4.39. The lowest BCUT2D eigenvalue weighted by Crippen LogP contribution is -2.18. The van der Waals surface area contributed by atoms with Gasteiger partial charge < -0.3 is 15.2 Å². The molecule has 0 spiro atoms. The molecule has 0 aliphatic heterocycles. The lowest BCUT2D eigenvalue weighted by Gasteiger charge is -2.13. The Morgan fingerprint density at radius 2 is 2.04 bits per heavy atom. The van der Waals surface area contributed by atoms with Gasteiger partial charge in [0.2, 0.25) is 0 Å². The summed E-state index contributed by atoms with van der Waals surface area (Å²) >= 11 is 0. The number of aliphatic hydroxyl groups excluding tert-OH is 1. The zero-order valence-electron chi connectivity index (χ0n) is 14.1. The molecule has 1 aromatic carbocycles. The minimum atomic E-state index is -4.75. The summed E-state index contributed by atoms with van der Waals surface area (Å²) in [6.07, 6.45) is -1.23. The maximum atomic E-state index is 12.5. The van der Waals surface area contributed by atoms with E-state index in [0.717, 1.165) is 12.8 Å². The van der Waals surface area contributed by atoms with Crippen molar-refractivity contribution in [3.05, 3.63) is 42.6 Å². The van der Waals surface area contributed by atoms with Gasteiger partial charge >= 0.3 is 6.36 Å². The van der Waals surface area contributed by atoms with Crippen molar-refractivity contribution in [3.63, 3.8) is 0 Å². The van der Waals surface area contributed by atoms with E-state index in [0.29, 0.717) is 29.1 Å². The number of imidazole rings is 1. The molecule has 0 amide bonds. The monoisotopic (exact) mass is 378 g/mol. The highest BCUT2D eigenvalue weighted by atomic mass is 19.4. The molecule has 2 N–H and O–H groups in total. The molecule has 1 aliphatic carbocycles. The topological polar surface area (TPSA) is 71.7 Å². The van der Waals surface area contributed by atoms with Crippen molar-refractivity contribution < 1.29 is 23.0 Å². The number of aliphatic hydroxyl groups is 1. The van der Waals surface area contributed by atoms with Crippen molar-refractivity contribution in [2.24, 2.45) is 0 Å². The van der Waals surface area contributed by atoms with Gasteiger partial charge in [-0.25, -0.2) is 9.50 Å². The molecule has 2 aromatic heterocycles. The first-order chi connectivity index (χ1) is 12.9. The predicted octanol–water partition coefficient (Wildman–Crippen LogP) is 3.62. The van der Waals surface area contributed by atoms with E-state index in [4.69, 9.17) is 0 Å². The van der Waals surface area contributed by atoms with Crippen LogP contribution in [0.1, 0.15) is 19.3 Å². The number of hydrogen-bond acceptors (Lipinski definition) is 5. The number of halogens is 3. The highest BCUT2D eigenvalue weighted by Crippen LogP contribution is 2.29. The first-order valence-electron chi connectivity index (χ1n) is 8.53. The van der Waals surface area contributed by atoms with E-state index in [-0.39, 0.29) is 17.9 Å². The highest BCUT2D eigenvalue weighted by molar-refractivity contribution is 5.65. The maximum Gasteiger partial charge on any atom is 0.573 e. The zero-order chi connectivity index (χ0) is 19.0. The zero-order valence-corrected chi connectivity index (χ0v) is 14.1. The summed E-state index contributed by atoms with van der Waals surface area (Å²) in [7, 11) is 0. The molecule has 9 heteroatoms. The molecule has 3 aromatic rings. The number of hydrogen-bond donors (Lipinski definition) is 2. The van der Waals surface area contributed by atoms with Crippen molar-refractivity contribution in [3.8, 4) is 17.0 Å². The number of benzene rings is 1. The number of anilines is 1. The molecular weight excluding hydrogens is 361 g/mol. The molecule has 1 saturated carbocycles. The molecular formula is C18H17F3N4O2. The van der Waals surface area contributed by atoms with Crippen LogP contribution in [0.2, 0.25) is 0 Å². The van der Waals surface area contributed by atoms with E-state index in [1.165, 1.54) is 18.2 Å². The van der Waals surface area contributed by atoms with Crippen LogP contribution in [0.25, 0.3) is 16.9 Å². The average Bonchev–Trinajstić information content (AvgIpc) is 3.19. The Morgan fingerprint density at radius 1 is 1.19 bits per heavy atom. The molecule has 6 nitrogen and oxygen atoms in total. The average molecular weight is 378 g/mol. The fraction of sp³-hybridized carbons (Fsp3) is 0.333. The summed E-state index contributed by atoms with van der Waals surface area (Å²) in [5, 5.41) is 17.4. The largest absolute Gasteiger partial charge is 0.573 e. The van der Waals surface area contributed by atoms with Crippen LogP contribution in [0.4, 0.5) is 19.0 Å². The van der Waals surface area contributed by atoms with Crippen LogP contribution in [-0.4, -0.2) is 38.2 Å². The predicted molar refractivity (Wildman–Crippen MR) is 92.4 cm³/mol. The van der Waals surface area contributed by atoms with Crippen LogP contribution >= 0.6 is 0 Å². The van der Waals surface area contributed by atoms with Crippen LogP contribution < -0.4 is 10.1 Å². The third-order valence-electron chi connectivity index (χ3n) is 4.48. The Bertz CT molecular complexity index is 957. The molecule has 1 fully saturated rings. The number of aromatic nitrogens is 3. The molecule has 27 heavy (non-hydrogen) atoms. The second-order valence-corrected chi connectivity index (χ2v) is 6.52. The first kappa shape index (κ1) is 17.6. The first-order valence-corrected chi connectivity index (χ1v) is 8.53. The summed E-state index contributed by atoms with van der Waals surface area (Å²) < 4.78 is 43.0. The SMILES string of the molecule is OC1CC[C@@H](Nc2ccc3ncc(-c4cccc(OC(F)(F)F)c4)n3n2)C1. The van der Waals surface area contributed by atoms with Crippen LogP contribution in [0.3, 0.4) is 0 Å². The Morgan fingerprint density at radius 3 is 2.78 bits per heavy atom. The van der Waals surface area contributed by atoms with Gasteiger partial charge in [0, 0.05) is 11.6 Å². The number of nitrogens with zero attached hydrogens (tertiary/aromatic N) is 3. The Hall–Kier alpha value is -2.81. The van der Waals surface area contributed by atoms with Gasteiger partial charge in [0.1, 0.15) is 11.6 Å². The van der Waals surface area contributed by atoms with Gasteiger partial charge in [-0.3, -0.25) is 0 Å². The third kappa shape index (κ3) is 3.97. The Balaban J connectivity index is 1.64.